The van der Waals surface area contributed by atoms with Crippen molar-refractivity contribution in [1.82, 2.24) is 24.8 Å². The highest BCUT2D eigenvalue weighted by molar-refractivity contribution is 7.53. The molecule has 1 aliphatic carbocycles. The second kappa shape index (κ2) is 6.54. The van der Waals surface area contributed by atoms with Crippen molar-refractivity contribution in [2.45, 2.75) is 36.1 Å². The molecule has 3 heterocycles. The van der Waals surface area contributed by atoms with Crippen molar-refractivity contribution in [1.29, 1.82) is 0 Å². The summed E-state index contributed by atoms with van der Waals surface area (Å²) in [4.78, 5) is 41.9. The number of imidazole rings is 1. The summed E-state index contributed by atoms with van der Waals surface area (Å²) >= 11 is 5.77. The summed E-state index contributed by atoms with van der Waals surface area (Å²) in [5.74, 6) is -3.38. The third kappa shape index (κ3) is 2.99. The molecule has 1 unspecified atom stereocenters. The smallest absolute Gasteiger partial charge is 0.363 e. The second-order valence-corrected chi connectivity index (χ2v) is 8.54. The largest absolute Gasteiger partial charge is 0.382 e. The van der Waals surface area contributed by atoms with Crippen LogP contribution in [0.2, 0.25) is 5.28 Å². The summed E-state index contributed by atoms with van der Waals surface area (Å²) in [5.41, 5.74) is 3.68. The lowest BCUT2D eigenvalue weighted by atomic mass is 10.2. The molecule has 1 saturated heterocycles. The van der Waals surface area contributed by atoms with Crippen molar-refractivity contribution >= 4 is 42.1 Å². The predicted molar refractivity (Wildman–Crippen MR) is 93.3 cm³/mol. The molecule has 29 heavy (non-hydrogen) atoms. The van der Waals surface area contributed by atoms with Crippen LogP contribution in [0, 0.1) is 0 Å². The van der Waals surface area contributed by atoms with Gasteiger partial charge < -0.3 is 35.4 Å². The van der Waals surface area contributed by atoms with E-state index in [1.807, 2.05) is 5.32 Å². The Balaban J connectivity index is 1.59. The lowest BCUT2D eigenvalue weighted by Crippen LogP contribution is -2.39. The Kier molecular flexibility index (Phi) is 4.59. The first-order valence-electron chi connectivity index (χ1n) is 8.09. The number of fused-ring (bicyclic) bond motifs is 2. The number of nitrogens with one attached hydrogen (secondary N) is 1. The van der Waals surface area contributed by atoms with Crippen LogP contribution in [0.15, 0.2) is 6.33 Å². The average Bonchev–Trinajstić information content (AvgIpc) is 2.90. The number of alkyl halides is 1. The summed E-state index contributed by atoms with van der Waals surface area (Å²) < 4.78 is 38.2. The van der Waals surface area contributed by atoms with E-state index in [1.54, 1.807) is 0 Å². The molecule has 16 heteroatoms. The molecule has 13 nitrogen and oxygen atoms in total. The van der Waals surface area contributed by atoms with Gasteiger partial charge in [-0.25, -0.2) is 9.37 Å². The lowest BCUT2D eigenvalue weighted by molar-refractivity contribution is -0.135. The topological polar surface area (TPSA) is 195 Å². The Labute approximate surface area is 166 Å². The number of halogens is 2. The number of rotatable bonds is 5. The fourth-order valence-corrected chi connectivity index (χ4v) is 4.21. The summed E-state index contributed by atoms with van der Waals surface area (Å²) in [6.45, 7) is 0. The van der Waals surface area contributed by atoms with Crippen LogP contribution in [0.25, 0.3) is 11.2 Å². The van der Waals surface area contributed by atoms with Gasteiger partial charge in [0.2, 0.25) is 11.1 Å². The molecule has 0 aromatic carbocycles. The maximum absolute atomic E-state index is 15.1. The zero-order valence-electron chi connectivity index (χ0n) is 14.5. The molecule has 1 amide bonds. The van der Waals surface area contributed by atoms with Gasteiger partial charge in [0.1, 0.15) is 17.7 Å². The molecule has 0 spiro atoms. The Morgan fingerprint density at radius 2 is 2.24 bits per heavy atom. The monoisotopic (exact) mass is 452 g/mol. The van der Waals surface area contributed by atoms with Gasteiger partial charge in [0, 0.05) is 7.05 Å². The molecule has 158 valence electrons. The fourth-order valence-electron chi connectivity index (χ4n) is 3.31. The van der Waals surface area contributed by atoms with Gasteiger partial charge >= 0.3 is 7.60 Å². The molecular weight excluding hydrogens is 438 g/mol. The van der Waals surface area contributed by atoms with E-state index < -0.39 is 49.6 Å². The van der Waals surface area contributed by atoms with Crippen LogP contribution in [-0.2, 0) is 18.8 Å². The Morgan fingerprint density at radius 1 is 1.55 bits per heavy atom. The number of ether oxygens (including phenoxy) is 2. The number of hydrogen-bond donors (Lipinski definition) is 5. The van der Waals surface area contributed by atoms with Gasteiger partial charge in [0.05, 0.1) is 6.33 Å². The number of carbonyl (C=O) groups is 1. The number of hydrogen-bond acceptors (Lipinski definition) is 9. The molecule has 2 fully saturated rings. The van der Waals surface area contributed by atoms with Crippen LogP contribution in [0.4, 0.5) is 10.2 Å². The molecule has 4 rings (SSSR count). The van der Waals surface area contributed by atoms with Crippen molar-refractivity contribution in [2.24, 2.45) is 0 Å². The first kappa shape index (κ1) is 20.3. The number of nitrogens with zero attached hydrogens (tertiary/aromatic N) is 4. The zero-order chi connectivity index (χ0) is 21.3. The van der Waals surface area contributed by atoms with E-state index in [-0.39, 0.29) is 22.3 Å². The highest BCUT2D eigenvalue weighted by atomic mass is 35.5. The SMILES string of the molecule is CNC(=O)[C@@H](OC1[C@H]2O[C@@H](n3cnc4c(N)nc(Cl)nc43)[C@@H](F)[C@@]12O)P(=O)(O)O. The zero-order valence-corrected chi connectivity index (χ0v) is 16.2. The van der Waals surface area contributed by atoms with Crippen molar-refractivity contribution in [3.63, 3.8) is 0 Å². The average molecular weight is 453 g/mol. The lowest BCUT2D eigenvalue weighted by Gasteiger charge is -2.24. The van der Waals surface area contributed by atoms with Gasteiger partial charge in [0.25, 0.3) is 5.91 Å². The van der Waals surface area contributed by atoms with E-state index in [0.717, 1.165) is 11.6 Å². The van der Waals surface area contributed by atoms with Gasteiger partial charge in [-0.2, -0.15) is 9.97 Å². The molecule has 0 bridgehead atoms. The minimum Gasteiger partial charge on any atom is -0.382 e. The van der Waals surface area contributed by atoms with Crippen LogP contribution in [0.1, 0.15) is 6.23 Å². The van der Waals surface area contributed by atoms with Crippen molar-refractivity contribution in [3.05, 3.63) is 11.6 Å². The quantitative estimate of drug-likeness (QED) is 0.266. The molecular formula is C13H15ClFN6O7P. The minimum atomic E-state index is -5.04. The van der Waals surface area contributed by atoms with Gasteiger partial charge in [-0.3, -0.25) is 13.9 Å². The predicted octanol–water partition coefficient (Wildman–Crippen LogP) is -1.32. The van der Waals surface area contributed by atoms with Gasteiger partial charge in [-0.15, -0.1) is 0 Å². The van der Waals surface area contributed by atoms with E-state index in [1.165, 1.54) is 6.33 Å². The molecule has 6 N–H and O–H groups in total. The van der Waals surface area contributed by atoms with E-state index in [2.05, 4.69) is 15.0 Å². The normalized spacial score (nSPS) is 32.2. The third-order valence-corrected chi connectivity index (χ3v) is 5.94. The maximum Gasteiger partial charge on any atom is 0.363 e. The summed E-state index contributed by atoms with van der Waals surface area (Å²) in [6, 6.07) is 0. The number of amides is 1. The maximum atomic E-state index is 15.1. The van der Waals surface area contributed by atoms with E-state index in [0.29, 0.717) is 0 Å². The second-order valence-electron chi connectivity index (χ2n) is 6.55. The molecule has 2 aliphatic rings. The van der Waals surface area contributed by atoms with Crippen molar-refractivity contribution in [2.75, 3.05) is 12.8 Å². The number of anilines is 1. The fraction of sp³-hybridized carbons (Fsp3) is 0.538. The highest BCUT2D eigenvalue weighted by Crippen LogP contribution is 2.59. The minimum absolute atomic E-state index is 0.0349. The van der Waals surface area contributed by atoms with Crippen LogP contribution < -0.4 is 11.1 Å². The Morgan fingerprint density at radius 3 is 2.79 bits per heavy atom. The molecule has 2 aromatic heterocycles. The van der Waals surface area contributed by atoms with Crippen LogP contribution >= 0.6 is 19.2 Å². The Hall–Kier alpha value is -1.93. The van der Waals surface area contributed by atoms with Crippen molar-refractivity contribution in [3.8, 4) is 0 Å². The molecule has 1 aliphatic heterocycles. The standard InChI is InChI=1S/C13H15ClFN6O7P/c1-17-9(22)11(29(24,25)26)28-6-5-13(6,23)4(15)10(27-5)21-2-18-3-7(16)19-12(14)20-8(3)21/h2,4-6,10-11,23H,1H3,(H,17,22)(H2,16,19,20)(H2,24,25,26)/t4-,5-,6?,10-,11+,13+/m1/s1. The van der Waals surface area contributed by atoms with Crippen LogP contribution in [-0.4, -0.2) is 77.2 Å². The van der Waals surface area contributed by atoms with E-state index >= 15 is 4.39 Å². The Bertz CT molecular complexity index is 1050. The van der Waals surface area contributed by atoms with Gasteiger partial charge in [-0.05, 0) is 11.6 Å². The summed E-state index contributed by atoms with van der Waals surface area (Å²) in [7, 11) is -3.90. The summed E-state index contributed by atoms with van der Waals surface area (Å²) in [5, 5.41) is 12.4. The van der Waals surface area contributed by atoms with Crippen molar-refractivity contribution < 1.29 is 38.1 Å². The van der Waals surface area contributed by atoms with Crippen LogP contribution in [0.3, 0.4) is 0 Å². The first-order valence-corrected chi connectivity index (χ1v) is 10.2. The van der Waals surface area contributed by atoms with Crippen LogP contribution in [0.5, 0.6) is 0 Å². The number of aliphatic hydroxyl groups is 1. The number of nitrogens with two attached hydrogens (primary N) is 1. The molecule has 6 atom stereocenters. The molecule has 1 saturated carbocycles. The number of carbonyl (C=O) groups excluding carboxylic acids is 1. The number of likely N-dealkylation sites (N-methyl/N-ethyl adjacent to an activating group) is 1. The molecule has 2 aromatic rings. The summed E-state index contributed by atoms with van der Waals surface area (Å²) in [6.07, 6.45) is -5.08. The van der Waals surface area contributed by atoms with Gasteiger partial charge in [0.15, 0.2) is 29.5 Å². The number of aromatic nitrogens is 4. The van der Waals surface area contributed by atoms with Gasteiger partial charge in [-0.1, -0.05) is 0 Å². The highest BCUT2D eigenvalue weighted by Gasteiger charge is 2.79. The van der Waals surface area contributed by atoms with E-state index in [9.17, 15) is 24.3 Å². The van der Waals surface area contributed by atoms with E-state index in [4.69, 9.17) is 26.8 Å². The third-order valence-electron chi connectivity index (χ3n) is 4.80. The number of nitrogen functional groups attached to an aromatic ring is 1. The molecule has 0 radical (unpaired) electrons. The first-order chi connectivity index (χ1) is 13.5.